The molecule has 0 saturated carbocycles. The molecule has 1 aromatic carbocycles. The molecule has 2 N–H and O–H groups in total. The SMILES string of the molecule is COc1cc(C)c(-c2nc(Nc3cccc(N4CCNCC4)n3)sc2C)cc1C. The molecule has 2 aromatic heterocycles. The predicted octanol–water partition coefficient (Wildman–Crippen LogP) is 4.29. The number of methoxy groups -OCH3 is 1. The average molecular weight is 410 g/mol. The summed E-state index contributed by atoms with van der Waals surface area (Å²) in [6, 6.07) is 10.3. The van der Waals surface area contributed by atoms with Crippen LogP contribution in [-0.4, -0.2) is 43.3 Å². The number of nitrogens with one attached hydrogen (secondary N) is 2. The van der Waals surface area contributed by atoms with Crippen LogP contribution in [-0.2, 0) is 0 Å². The number of hydrogen-bond donors (Lipinski definition) is 2. The van der Waals surface area contributed by atoms with Gasteiger partial charge in [0.15, 0.2) is 5.13 Å². The van der Waals surface area contributed by atoms with Gasteiger partial charge in [-0.3, -0.25) is 0 Å². The fourth-order valence-electron chi connectivity index (χ4n) is 3.64. The smallest absolute Gasteiger partial charge is 0.189 e. The van der Waals surface area contributed by atoms with Gasteiger partial charge in [0.25, 0.3) is 0 Å². The summed E-state index contributed by atoms with van der Waals surface area (Å²) in [6.07, 6.45) is 0. The minimum absolute atomic E-state index is 0.823. The van der Waals surface area contributed by atoms with Crippen LogP contribution in [0.1, 0.15) is 16.0 Å². The number of pyridine rings is 1. The van der Waals surface area contributed by atoms with E-state index >= 15 is 0 Å². The number of nitrogens with zero attached hydrogens (tertiary/aromatic N) is 3. The van der Waals surface area contributed by atoms with Crippen LogP contribution in [0.2, 0.25) is 0 Å². The molecule has 0 amide bonds. The number of benzene rings is 1. The quantitative estimate of drug-likeness (QED) is 0.655. The van der Waals surface area contributed by atoms with Gasteiger partial charge in [0.05, 0.1) is 12.8 Å². The van der Waals surface area contributed by atoms with Crippen molar-refractivity contribution in [2.75, 3.05) is 43.5 Å². The van der Waals surface area contributed by atoms with Gasteiger partial charge in [-0.2, -0.15) is 0 Å². The molecule has 0 bridgehead atoms. The Labute approximate surface area is 176 Å². The Morgan fingerprint density at radius 1 is 1.07 bits per heavy atom. The lowest BCUT2D eigenvalue weighted by Gasteiger charge is -2.28. The van der Waals surface area contributed by atoms with E-state index < -0.39 is 0 Å². The summed E-state index contributed by atoms with van der Waals surface area (Å²) in [4.78, 5) is 13.2. The maximum atomic E-state index is 5.45. The molecule has 3 heterocycles. The highest BCUT2D eigenvalue weighted by molar-refractivity contribution is 7.16. The first-order valence-corrected chi connectivity index (χ1v) is 10.7. The van der Waals surface area contributed by atoms with Crippen LogP contribution < -0.4 is 20.3 Å². The molecular formula is C22H27N5OS. The van der Waals surface area contributed by atoms with Crippen molar-refractivity contribution in [2.24, 2.45) is 0 Å². The molecule has 6 nitrogen and oxygen atoms in total. The van der Waals surface area contributed by atoms with Gasteiger partial charge >= 0.3 is 0 Å². The second-order valence-electron chi connectivity index (χ2n) is 7.30. The highest BCUT2D eigenvalue weighted by Gasteiger charge is 2.16. The van der Waals surface area contributed by atoms with E-state index in [1.54, 1.807) is 18.4 Å². The predicted molar refractivity (Wildman–Crippen MR) is 121 cm³/mol. The monoisotopic (exact) mass is 409 g/mol. The summed E-state index contributed by atoms with van der Waals surface area (Å²) in [5.74, 6) is 2.74. The van der Waals surface area contributed by atoms with E-state index in [9.17, 15) is 0 Å². The highest BCUT2D eigenvalue weighted by Crippen LogP contribution is 2.36. The fourth-order valence-corrected chi connectivity index (χ4v) is 4.47. The van der Waals surface area contributed by atoms with Crippen molar-refractivity contribution < 1.29 is 4.74 Å². The number of rotatable bonds is 5. The van der Waals surface area contributed by atoms with Crippen molar-refractivity contribution in [2.45, 2.75) is 20.8 Å². The van der Waals surface area contributed by atoms with Gasteiger partial charge in [-0.15, -0.1) is 11.3 Å². The molecule has 0 spiro atoms. The minimum Gasteiger partial charge on any atom is -0.496 e. The molecule has 0 unspecified atom stereocenters. The second kappa shape index (κ2) is 8.39. The molecule has 7 heteroatoms. The standard InChI is InChI=1S/C22H27N5OS/c1-14-13-18(28-4)15(2)12-17(14)21-16(3)29-22(26-21)25-19-6-5-7-20(24-19)27-10-8-23-9-11-27/h5-7,12-13,23H,8-11H2,1-4H3,(H,24,25,26). The average Bonchev–Trinajstić information content (AvgIpc) is 3.10. The van der Waals surface area contributed by atoms with Crippen LogP contribution in [0.3, 0.4) is 0 Å². The number of anilines is 3. The third-order valence-electron chi connectivity index (χ3n) is 5.20. The van der Waals surface area contributed by atoms with Crippen LogP contribution in [0.15, 0.2) is 30.3 Å². The van der Waals surface area contributed by atoms with Crippen molar-refractivity contribution in [3.05, 3.63) is 46.3 Å². The Morgan fingerprint density at radius 3 is 2.62 bits per heavy atom. The van der Waals surface area contributed by atoms with E-state index in [4.69, 9.17) is 14.7 Å². The third-order valence-corrected chi connectivity index (χ3v) is 6.09. The first-order chi connectivity index (χ1) is 14.0. The van der Waals surface area contributed by atoms with Crippen molar-refractivity contribution in [1.29, 1.82) is 0 Å². The van der Waals surface area contributed by atoms with Gasteiger partial charge in [0.1, 0.15) is 17.4 Å². The zero-order valence-electron chi connectivity index (χ0n) is 17.4. The molecule has 0 aliphatic carbocycles. The first kappa shape index (κ1) is 19.7. The lowest BCUT2D eigenvalue weighted by Crippen LogP contribution is -2.43. The summed E-state index contributed by atoms with van der Waals surface area (Å²) in [5.41, 5.74) is 4.43. The van der Waals surface area contributed by atoms with Crippen LogP contribution in [0.25, 0.3) is 11.3 Å². The van der Waals surface area contributed by atoms with Crippen molar-refractivity contribution in [3.63, 3.8) is 0 Å². The number of ether oxygens (including phenoxy) is 1. The van der Waals surface area contributed by atoms with Gasteiger partial charge in [-0.25, -0.2) is 9.97 Å². The highest BCUT2D eigenvalue weighted by atomic mass is 32.1. The minimum atomic E-state index is 0.823. The molecule has 1 aliphatic rings. The third kappa shape index (κ3) is 4.21. The maximum Gasteiger partial charge on any atom is 0.189 e. The molecule has 0 radical (unpaired) electrons. The summed E-state index contributed by atoms with van der Waals surface area (Å²) >= 11 is 1.65. The van der Waals surface area contributed by atoms with E-state index in [0.29, 0.717) is 0 Å². The molecule has 0 atom stereocenters. The van der Waals surface area contributed by atoms with E-state index in [2.05, 4.69) is 54.5 Å². The number of thiazole rings is 1. The Bertz CT molecular complexity index is 1010. The summed E-state index contributed by atoms with van der Waals surface area (Å²) in [6.45, 7) is 10.2. The van der Waals surface area contributed by atoms with Crippen LogP contribution in [0.4, 0.5) is 16.8 Å². The molecular weight excluding hydrogens is 382 g/mol. The second-order valence-corrected chi connectivity index (χ2v) is 8.51. The van der Waals surface area contributed by atoms with Gasteiger partial charge in [-0.05, 0) is 56.2 Å². The van der Waals surface area contributed by atoms with Crippen molar-refractivity contribution in [3.8, 4) is 17.0 Å². The van der Waals surface area contributed by atoms with Gasteiger partial charge in [0.2, 0.25) is 0 Å². The Morgan fingerprint density at radius 2 is 1.86 bits per heavy atom. The van der Waals surface area contributed by atoms with E-state index in [1.165, 1.54) is 4.88 Å². The van der Waals surface area contributed by atoms with Crippen LogP contribution in [0, 0.1) is 20.8 Å². The molecule has 29 heavy (non-hydrogen) atoms. The first-order valence-electron chi connectivity index (χ1n) is 9.88. The zero-order chi connectivity index (χ0) is 20.4. The Hall–Kier alpha value is -2.64. The molecule has 1 aliphatic heterocycles. The van der Waals surface area contributed by atoms with E-state index in [0.717, 1.165) is 71.1 Å². The fraction of sp³-hybridized carbons (Fsp3) is 0.364. The zero-order valence-corrected chi connectivity index (χ0v) is 18.2. The number of hydrogen-bond acceptors (Lipinski definition) is 7. The Balaban J connectivity index is 1.58. The molecule has 152 valence electrons. The maximum absolute atomic E-state index is 5.45. The van der Waals surface area contributed by atoms with E-state index in [-0.39, 0.29) is 0 Å². The lowest BCUT2D eigenvalue weighted by atomic mass is 10.0. The summed E-state index contributed by atoms with van der Waals surface area (Å²) < 4.78 is 5.45. The van der Waals surface area contributed by atoms with Gasteiger partial charge in [-0.1, -0.05) is 6.07 Å². The van der Waals surface area contributed by atoms with Crippen molar-refractivity contribution in [1.82, 2.24) is 15.3 Å². The Kier molecular flexibility index (Phi) is 5.69. The molecule has 1 saturated heterocycles. The molecule has 1 fully saturated rings. The largest absolute Gasteiger partial charge is 0.496 e. The summed E-state index contributed by atoms with van der Waals surface area (Å²) in [7, 11) is 1.71. The van der Waals surface area contributed by atoms with Crippen LogP contribution in [0.5, 0.6) is 5.75 Å². The topological polar surface area (TPSA) is 62.3 Å². The van der Waals surface area contributed by atoms with Crippen molar-refractivity contribution >= 4 is 28.1 Å². The number of aryl methyl sites for hydroxylation is 3. The number of aromatic nitrogens is 2. The number of piperazine rings is 1. The normalized spacial score (nSPS) is 14.1. The summed E-state index contributed by atoms with van der Waals surface area (Å²) in [5, 5.41) is 7.63. The van der Waals surface area contributed by atoms with Gasteiger partial charge < -0.3 is 20.3 Å². The van der Waals surface area contributed by atoms with E-state index in [1.807, 2.05) is 12.1 Å². The molecule has 4 rings (SSSR count). The molecule has 3 aromatic rings. The van der Waals surface area contributed by atoms with Crippen LogP contribution >= 0.6 is 11.3 Å². The van der Waals surface area contributed by atoms with Gasteiger partial charge in [0, 0.05) is 36.6 Å². The lowest BCUT2D eigenvalue weighted by molar-refractivity contribution is 0.411.